The van der Waals surface area contributed by atoms with Gasteiger partial charge in [-0.15, -0.1) is 11.3 Å². The smallest absolute Gasteiger partial charge is 0.0954 e. The summed E-state index contributed by atoms with van der Waals surface area (Å²) in [6.45, 7) is 0. The molecule has 2 nitrogen and oxygen atoms in total. The van der Waals surface area contributed by atoms with Gasteiger partial charge in [0.05, 0.1) is 15.2 Å². The molecule has 0 spiro atoms. The Morgan fingerprint density at radius 1 is 1.26 bits per heavy atom. The molecule has 100 valence electrons. The van der Waals surface area contributed by atoms with E-state index in [1.165, 1.54) is 29.0 Å². The van der Waals surface area contributed by atoms with E-state index in [4.69, 9.17) is 4.98 Å². The Hall–Kier alpha value is -0.930. The second-order valence-corrected chi connectivity index (χ2v) is 7.28. The largest absolute Gasteiger partial charge is 0.316 e. The normalized spacial score (nSPS) is 30.5. The molecule has 0 amide bonds. The highest BCUT2D eigenvalue weighted by atomic mass is 32.1. The zero-order chi connectivity index (χ0) is 12.8. The summed E-state index contributed by atoms with van der Waals surface area (Å²) in [5.41, 5.74) is 1.16. The summed E-state index contributed by atoms with van der Waals surface area (Å²) in [6.07, 6.45) is 5.50. The summed E-state index contributed by atoms with van der Waals surface area (Å²) >= 11 is 1.86. The topological polar surface area (TPSA) is 24.9 Å². The number of nitrogens with zero attached hydrogens (tertiary/aromatic N) is 1. The predicted octanol–water partition coefficient (Wildman–Crippen LogP) is 3.47. The highest BCUT2D eigenvalue weighted by Gasteiger charge is 2.47. The molecule has 3 heteroatoms. The molecule has 1 aromatic heterocycles. The summed E-state index contributed by atoms with van der Waals surface area (Å²) in [5, 5.41) is 4.84. The van der Waals surface area contributed by atoms with Crippen molar-refractivity contribution < 1.29 is 0 Å². The van der Waals surface area contributed by atoms with Crippen LogP contribution in [0.1, 0.15) is 24.3 Å². The molecule has 2 aliphatic rings. The molecule has 0 aliphatic heterocycles. The van der Waals surface area contributed by atoms with Gasteiger partial charge in [0.25, 0.3) is 0 Å². The van der Waals surface area contributed by atoms with E-state index in [0.29, 0.717) is 6.04 Å². The van der Waals surface area contributed by atoms with Crippen molar-refractivity contribution >= 4 is 21.6 Å². The minimum Gasteiger partial charge on any atom is -0.316 e. The number of likely N-dealkylation sites (N-methyl/N-ethyl adjacent to an activating group) is 1. The number of thiazole rings is 1. The van der Waals surface area contributed by atoms with Crippen LogP contribution < -0.4 is 5.32 Å². The van der Waals surface area contributed by atoms with Crippen LogP contribution in [0.2, 0.25) is 0 Å². The van der Waals surface area contributed by atoms with E-state index in [1.807, 2.05) is 11.3 Å². The molecule has 2 aliphatic carbocycles. The van der Waals surface area contributed by atoms with Gasteiger partial charge in [-0.25, -0.2) is 4.98 Å². The van der Waals surface area contributed by atoms with Crippen molar-refractivity contribution in [3.05, 3.63) is 29.3 Å². The Labute approximate surface area is 118 Å². The molecular weight excluding hydrogens is 252 g/mol. The quantitative estimate of drug-likeness (QED) is 0.922. The lowest BCUT2D eigenvalue weighted by atomic mass is 9.92. The number of hydrogen-bond acceptors (Lipinski definition) is 3. The molecule has 4 rings (SSSR count). The average Bonchev–Trinajstić information content (AvgIpc) is 2.88. The molecule has 1 aromatic carbocycles. The summed E-state index contributed by atoms with van der Waals surface area (Å²) in [6, 6.07) is 9.09. The number of para-hydroxylation sites is 1. The fraction of sp³-hybridized carbons (Fsp3) is 0.562. The maximum absolute atomic E-state index is 4.78. The molecule has 19 heavy (non-hydrogen) atoms. The van der Waals surface area contributed by atoms with Gasteiger partial charge in [0.2, 0.25) is 0 Å². The lowest BCUT2D eigenvalue weighted by Crippen LogP contribution is -2.35. The van der Waals surface area contributed by atoms with E-state index < -0.39 is 0 Å². The maximum Gasteiger partial charge on any atom is 0.0954 e. The van der Waals surface area contributed by atoms with E-state index in [9.17, 15) is 0 Å². The molecule has 1 heterocycles. The van der Waals surface area contributed by atoms with Crippen molar-refractivity contribution in [2.45, 2.75) is 31.7 Å². The van der Waals surface area contributed by atoms with Crippen LogP contribution in [0.4, 0.5) is 0 Å². The Bertz CT molecular complexity index is 548. The number of aromatic nitrogens is 1. The molecule has 0 radical (unpaired) electrons. The Kier molecular flexibility index (Phi) is 2.85. The van der Waals surface area contributed by atoms with E-state index in [-0.39, 0.29) is 0 Å². The van der Waals surface area contributed by atoms with Crippen molar-refractivity contribution in [3.8, 4) is 0 Å². The van der Waals surface area contributed by atoms with Gasteiger partial charge in [0.15, 0.2) is 0 Å². The SMILES string of the molecule is CNC(Cc1nc2ccccc2s1)C1CC2CC2C1. The van der Waals surface area contributed by atoms with Gasteiger partial charge in [0.1, 0.15) is 0 Å². The third-order valence-corrected chi connectivity index (χ3v) is 6.01. The monoisotopic (exact) mass is 272 g/mol. The Morgan fingerprint density at radius 2 is 2.05 bits per heavy atom. The van der Waals surface area contributed by atoms with Gasteiger partial charge in [-0.3, -0.25) is 0 Å². The van der Waals surface area contributed by atoms with Gasteiger partial charge < -0.3 is 5.32 Å². The lowest BCUT2D eigenvalue weighted by molar-refractivity contribution is 0.349. The van der Waals surface area contributed by atoms with Crippen LogP contribution in [-0.4, -0.2) is 18.1 Å². The molecule has 3 atom stereocenters. The van der Waals surface area contributed by atoms with Crippen LogP contribution >= 0.6 is 11.3 Å². The Balaban J connectivity index is 1.51. The number of hydrogen-bond donors (Lipinski definition) is 1. The highest BCUT2D eigenvalue weighted by Crippen LogP contribution is 2.55. The third kappa shape index (κ3) is 2.19. The fourth-order valence-corrected chi connectivity index (χ4v) is 4.82. The first-order valence-electron chi connectivity index (χ1n) is 7.35. The first-order valence-corrected chi connectivity index (χ1v) is 8.17. The van der Waals surface area contributed by atoms with E-state index in [0.717, 1.165) is 29.7 Å². The minimum absolute atomic E-state index is 0.619. The van der Waals surface area contributed by atoms with Crippen molar-refractivity contribution in [1.29, 1.82) is 0 Å². The van der Waals surface area contributed by atoms with Gasteiger partial charge in [-0.2, -0.15) is 0 Å². The molecule has 2 saturated carbocycles. The average molecular weight is 272 g/mol. The van der Waals surface area contributed by atoms with Crippen molar-refractivity contribution in [3.63, 3.8) is 0 Å². The summed E-state index contributed by atoms with van der Waals surface area (Å²) in [5.74, 6) is 3.01. The minimum atomic E-state index is 0.619. The molecule has 3 unspecified atom stereocenters. The van der Waals surface area contributed by atoms with Gasteiger partial charge in [-0.05, 0) is 56.2 Å². The van der Waals surface area contributed by atoms with Gasteiger partial charge in [0, 0.05) is 12.5 Å². The predicted molar refractivity (Wildman–Crippen MR) is 80.5 cm³/mol. The van der Waals surface area contributed by atoms with Crippen molar-refractivity contribution in [2.75, 3.05) is 7.05 Å². The van der Waals surface area contributed by atoms with E-state index >= 15 is 0 Å². The number of nitrogens with one attached hydrogen (secondary N) is 1. The molecule has 1 N–H and O–H groups in total. The Morgan fingerprint density at radius 3 is 2.79 bits per heavy atom. The van der Waals surface area contributed by atoms with Crippen LogP contribution in [-0.2, 0) is 6.42 Å². The molecule has 2 fully saturated rings. The zero-order valence-corrected chi connectivity index (χ0v) is 12.1. The second kappa shape index (κ2) is 4.57. The van der Waals surface area contributed by atoms with Gasteiger partial charge in [-0.1, -0.05) is 12.1 Å². The number of rotatable bonds is 4. The molecule has 0 saturated heterocycles. The second-order valence-electron chi connectivity index (χ2n) is 6.16. The summed E-state index contributed by atoms with van der Waals surface area (Å²) < 4.78 is 1.32. The van der Waals surface area contributed by atoms with Crippen LogP contribution in [0, 0.1) is 17.8 Å². The van der Waals surface area contributed by atoms with E-state index in [1.54, 1.807) is 0 Å². The highest BCUT2D eigenvalue weighted by molar-refractivity contribution is 7.18. The standard InChI is InChI=1S/C16H20N2S/c1-17-14(12-7-10-6-11(10)8-12)9-16-18-13-4-2-3-5-15(13)19-16/h2-5,10-12,14,17H,6-9H2,1H3. The summed E-state index contributed by atoms with van der Waals surface area (Å²) in [7, 11) is 2.11. The summed E-state index contributed by atoms with van der Waals surface area (Å²) in [4.78, 5) is 4.78. The molecule has 2 aromatic rings. The lowest BCUT2D eigenvalue weighted by Gasteiger charge is -2.23. The van der Waals surface area contributed by atoms with Crippen molar-refractivity contribution in [1.82, 2.24) is 10.3 Å². The van der Waals surface area contributed by atoms with Crippen LogP contribution in [0.5, 0.6) is 0 Å². The first kappa shape index (κ1) is 11.9. The number of fused-ring (bicyclic) bond motifs is 2. The molecular formula is C16H20N2S. The van der Waals surface area contributed by atoms with Crippen LogP contribution in [0.15, 0.2) is 24.3 Å². The van der Waals surface area contributed by atoms with Crippen LogP contribution in [0.3, 0.4) is 0 Å². The van der Waals surface area contributed by atoms with Crippen molar-refractivity contribution in [2.24, 2.45) is 17.8 Å². The molecule has 0 bridgehead atoms. The first-order chi connectivity index (χ1) is 9.33. The third-order valence-electron chi connectivity index (χ3n) is 4.95. The van der Waals surface area contributed by atoms with E-state index in [2.05, 4.69) is 36.6 Å². The zero-order valence-electron chi connectivity index (χ0n) is 11.3. The maximum atomic E-state index is 4.78. The van der Waals surface area contributed by atoms with Crippen LogP contribution in [0.25, 0.3) is 10.2 Å². The number of benzene rings is 1. The van der Waals surface area contributed by atoms with Gasteiger partial charge >= 0.3 is 0 Å². The fourth-order valence-electron chi connectivity index (χ4n) is 3.79.